The fraction of sp³-hybridized carbons (Fsp3) is 0.526. The number of amides is 1. The SMILES string of the molecule is CCc1nc(CN2C[C@](C)(Cc3ccc4c(c3)OCO4)CCC2=O)no1. The Balaban J connectivity index is 1.46. The second kappa shape index (κ2) is 6.63. The molecule has 0 N–H and O–H groups in total. The molecule has 0 radical (unpaired) electrons. The first-order valence-corrected chi connectivity index (χ1v) is 9.02. The molecular formula is C19H23N3O4. The summed E-state index contributed by atoms with van der Waals surface area (Å²) in [5, 5.41) is 3.98. The van der Waals surface area contributed by atoms with Gasteiger partial charge in [0.15, 0.2) is 17.3 Å². The molecule has 1 saturated heterocycles. The summed E-state index contributed by atoms with van der Waals surface area (Å²) in [5.41, 5.74) is 1.19. The molecule has 0 aliphatic carbocycles. The number of ether oxygens (including phenoxy) is 2. The van der Waals surface area contributed by atoms with Crippen molar-refractivity contribution in [2.75, 3.05) is 13.3 Å². The number of benzene rings is 1. The molecule has 4 rings (SSSR count). The molecule has 1 atom stereocenters. The molecule has 138 valence electrons. The summed E-state index contributed by atoms with van der Waals surface area (Å²) >= 11 is 0. The summed E-state index contributed by atoms with van der Waals surface area (Å²) < 4.78 is 16.0. The molecular weight excluding hydrogens is 334 g/mol. The molecule has 2 aromatic rings. The van der Waals surface area contributed by atoms with Gasteiger partial charge in [0, 0.05) is 19.4 Å². The van der Waals surface area contributed by atoms with Crippen LogP contribution in [0.15, 0.2) is 22.7 Å². The van der Waals surface area contributed by atoms with Crippen LogP contribution in [0, 0.1) is 5.41 Å². The summed E-state index contributed by atoms with van der Waals surface area (Å²) in [6.45, 7) is 5.55. The first kappa shape index (κ1) is 16.9. The minimum absolute atomic E-state index is 0.00106. The van der Waals surface area contributed by atoms with Crippen LogP contribution in [-0.4, -0.2) is 34.3 Å². The van der Waals surface area contributed by atoms with Crippen LogP contribution >= 0.6 is 0 Å². The van der Waals surface area contributed by atoms with E-state index in [1.807, 2.05) is 24.0 Å². The highest BCUT2D eigenvalue weighted by atomic mass is 16.7. The fourth-order valence-electron chi connectivity index (χ4n) is 3.70. The minimum atomic E-state index is -0.00106. The van der Waals surface area contributed by atoms with Crippen molar-refractivity contribution in [3.8, 4) is 11.5 Å². The zero-order chi connectivity index (χ0) is 18.1. The average Bonchev–Trinajstić information content (AvgIpc) is 3.27. The Hall–Kier alpha value is -2.57. The monoisotopic (exact) mass is 357 g/mol. The van der Waals surface area contributed by atoms with Crippen LogP contribution in [0.2, 0.25) is 0 Å². The Bertz CT molecular complexity index is 819. The Kier molecular flexibility index (Phi) is 4.30. The number of carbonyl (C=O) groups is 1. The molecule has 2 aliphatic heterocycles. The molecule has 1 aromatic heterocycles. The molecule has 26 heavy (non-hydrogen) atoms. The largest absolute Gasteiger partial charge is 0.454 e. The van der Waals surface area contributed by atoms with Gasteiger partial charge in [0.25, 0.3) is 0 Å². The standard InChI is InChI=1S/C19H23N3O4/c1-3-17-20-16(21-26-17)10-22-11-19(2,7-6-18(22)23)9-13-4-5-14-15(8-13)25-12-24-14/h4-5,8H,3,6-7,9-12H2,1-2H3/t19-/m0/s1. The third-order valence-electron chi connectivity index (χ3n) is 5.08. The van der Waals surface area contributed by atoms with Gasteiger partial charge in [-0.1, -0.05) is 25.1 Å². The molecule has 1 fully saturated rings. The van der Waals surface area contributed by atoms with Gasteiger partial charge in [-0.3, -0.25) is 4.79 Å². The smallest absolute Gasteiger partial charge is 0.231 e. The summed E-state index contributed by atoms with van der Waals surface area (Å²) in [6, 6.07) is 6.08. The lowest BCUT2D eigenvalue weighted by Crippen LogP contribution is -2.45. The van der Waals surface area contributed by atoms with Crippen LogP contribution < -0.4 is 9.47 Å². The predicted octanol–water partition coefficient (Wildman–Crippen LogP) is 2.73. The number of piperidine rings is 1. The van der Waals surface area contributed by atoms with Crippen molar-refractivity contribution < 1.29 is 18.8 Å². The zero-order valence-electron chi connectivity index (χ0n) is 15.2. The van der Waals surface area contributed by atoms with E-state index in [4.69, 9.17) is 14.0 Å². The van der Waals surface area contributed by atoms with E-state index < -0.39 is 0 Å². The van der Waals surface area contributed by atoms with Gasteiger partial charge in [0.2, 0.25) is 18.6 Å². The second-order valence-electron chi connectivity index (χ2n) is 7.38. The summed E-state index contributed by atoms with van der Waals surface area (Å²) in [7, 11) is 0. The summed E-state index contributed by atoms with van der Waals surface area (Å²) in [4.78, 5) is 18.5. The van der Waals surface area contributed by atoms with Crippen LogP contribution in [-0.2, 0) is 24.2 Å². The van der Waals surface area contributed by atoms with Crippen molar-refractivity contribution in [3.63, 3.8) is 0 Å². The average molecular weight is 357 g/mol. The highest BCUT2D eigenvalue weighted by molar-refractivity contribution is 5.77. The fourth-order valence-corrected chi connectivity index (χ4v) is 3.70. The molecule has 1 amide bonds. The molecule has 0 spiro atoms. The molecule has 0 saturated carbocycles. The third kappa shape index (κ3) is 3.38. The number of aromatic nitrogens is 2. The van der Waals surface area contributed by atoms with Crippen molar-refractivity contribution in [1.29, 1.82) is 0 Å². The lowest BCUT2D eigenvalue weighted by Gasteiger charge is -2.40. The van der Waals surface area contributed by atoms with E-state index in [1.165, 1.54) is 5.56 Å². The van der Waals surface area contributed by atoms with Crippen molar-refractivity contribution in [3.05, 3.63) is 35.5 Å². The molecule has 3 heterocycles. The Morgan fingerprint density at radius 3 is 2.92 bits per heavy atom. The second-order valence-corrected chi connectivity index (χ2v) is 7.38. The van der Waals surface area contributed by atoms with Crippen LogP contribution in [0.25, 0.3) is 0 Å². The number of carbonyl (C=O) groups excluding carboxylic acids is 1. The van der Waals surface area contributed by atoms with Crippen LogP contribution in [0.5, 0.6) is 11.5 Å². The van der Waals surface area contributed by atoms with Crippen LogP contribution in [0.3, 0.4) is 0 Å². The quantitative estimate of drug-likeness (QED) is 0.819. The van der Waals surface area contributed by atoms with Gasteiger partial charge in [-0.25, -0.2) is 0 Å². The van der Waals surface area contributed by atoms with Gasteiger partial charge in [-0.05, 0) is 36.0 Å². The van der Waals surface area contributed by atoms with Crippen molar-refractivity contribution in [2.45, 2.75) is 46.1 Å². The van der Waals surface area contributed by atoms with E-state index in [0.717, 1.165) is 24.3 Å². The number of fused-ring (bicyclic) bond motifs is 1. The van der Waals surface area contributed by atoms with Crippen molar-refractivity contribution in [2.24, 2.45) is 5.41 Å². The zero-order valence-corrected chi connectivity index (χ0v) is 15.2. The number of aryl methyl sites for hydroxylation is 1. The van der Waals surface area contributed by atoms with E-state index in [0.29, 0.717) is 37.6 Å². The number of likely N-dealkylation sites (tertiary alicyclic amines) is 1. The maximum atomic E-state index is 12.4. The normalized spacial score (nSPS) is 22.1. The lowest BCUT2D eigenvalue weighted by molar-refractivity contribution is -0.138. The predicted molar refractivity (Wildman–Crippen MR) is 92.7 cm³/mol. The van der Waals surface area contributed by atoms with E-state index in [9.17, 15) is 4.79 Å². The van der Waals surface area contributed by atoms with Crippen molar-refractivity contribution >= 4 is 5.91 Å². The van der Waals surface area contributed by atoms with Gasteiger partial charge < -0.3 is 18.9 Å². The Morgan fingerprint density at radius 1 is 1.27 bits per heavy atom. The van der Waals surface area contributed by atoms with Crippen molar-refractivity contribution in [1.82, 2.24) is 15.0 Å². The Labute approximate surface area is 152 Å². The van der Waals surface area contributed by atoms with Gasteiger partial charge in [-0.15, -0.1) is 0 Å². The maximum Gasteiger partial charge on any atom is 0.231 e. The van der Waals surface area contributed by atoms with Crippen LogP contribution in [0.4, 0.5) is 0 Å². The molecule has 7 nitrogen and oxygen atoms in total. The number of nitrogens with zero attached hydrogens (tertiary/aromatic N) is 3. The molecule has 1 aromatic carbocycles. The Morgan fingerprint density at radius 2 is 2.12 bits per heavy atom. The summed E-state index contributed by atoms with van der Waals surface area (Å²) in [5.74, 6) is 2.92. The third-order valence-corrected chi connectivity index (χ3v) is 5.08. The highest BCUT2D eigenvalue weighted by Gasteiger charge is 2.36. The van der Waals surface area contributed by atoms with Gasteiger partial charge >= 0.3 is 0 Å². The first-order valence-electron chi connectivity index (χ1n) is 9.02. The topological polar surface area (TPSA) is 77.7 Å². The van der Waals surface area contributed by atoms with E-state index in [2.05, 4.69) is 23.1 Å². The maximum absolute atomic E-state index is 12.4. The number of hydrogen-bond acceptors (Lipinski definition) is 6. The lowest BCUT2D eigenvalue weighted by atomic mass is 9.76. The van der Waals surface area contributed by atoms with E-state index >= 15 is 0 Å². The highest BCUT2D eigenvalue weighted by Crippen LogP contribution is 2.38. The molecule has 2 aliphatic rings. The number of rotatable bonds is 5. The van der Waals surface area contributed by atoms with Gasteiger partial charge in [0.1, 0.15) is 0 Å². The minimum Gasteiger partial charge on any atom is -0.454 e. The molecule has 0 unspecified atom stereocenters. The van der Waals surface area contributed by atoms with E-state index in [-0.39, 0.29) is 18.1 Å². The van der Waals surface area contributed by atoms with Gasteiger partial charge in [0.05, 0.1) is 6.54 Å². The first-order chi connectivity index (χ1) is 12.5. The van der Waals surface area contributed by atoms with Gasteiger partial charge in [-0.2, -0.15) is 4.98 Å². The summed E-state index contributed by atoms with van der Waals surface area (Å²) in [6.07, 6.45) is 2.98. The number of hydrogen-bond donors (Lipinski definition) is 0. The van der Waals surface area contributed by atoms with Crippen LogP contribution in [0.1, 0.15) is 44.0 Å². The molecule has 7 heteroatoms. The van der Waals surface area contributed by atoms with E-state index in [1.54, 1.807) is 0 Å². The molecule has 0 bridgehead atoms.